The van der Waals surface area contributed by atoms with E-state index in [9.17, 15) is 10.1 Å². The highest BCUT2D eigenvalue weighted by molar-refractivity contribution is 6.35. The van der Waals surface area contributed by atoms with E-state index in [0.717, 1.165) is 11.8 Å². The zero-order chi connectivity index (χ0) is 17.5. The Balaban J connectivity index is 2.17. The van der Waals surface area contributed by atoms with Gasteiger partial charge in [0, 0.05) is 21.7 Å². The van der Waals surface area contributed by atoms with Crippen molar-refractivity contribution in [3.63, 3.8) is 0 Å². The highest BCUT2D eigenvalue weighted by Gasteiger charge is 2.08. The van der Waals surface area contributed by atoms with Crippen LogP contribution in [-0.2, 0) is 6.61 Å². The summed E-state index contributed by atoms with van der Waals surface area (Å²) in [5, 5.41) is 11.5. The topological polar surface area (TPSA) is 61.6 Å². The third kappa shape index (κ3) is 5.15. The van der Waals surface area contributed by atoms with Crippen molar-refractivity contribution < 1.29 is 14.4 Å². The number of ether oxygens (including phenoxy) is 2. The zero-order valence-corrected chi connectivity index (χ0v) is 14.4. The predicted octanol–water partition coefficient (Wildman–Crippen LogP) is 5.22. The Morgan fingerprint density at radius 2 is 1.92 bits per heavy atom. The van der Waals surface area contributed by atoms with Crippen LogP contribution < -0.4 is 9.47 Å². The van der Waals surface area contributed by atoms with Gasteiger partial charge < -0.3 is 9.47 Å². The molecule has 5 nitrogen and oxygen atoms in total. The summed E-state index contributed by atoms with van der Waals surface area (Å²) in [7, 11) is 0. The molecule has 7 heteroatoms. The van der Waals surface area contributed by atoms with E-state index in [1.165, 1.54) is 6.08 Å². The largest absolute Gasteiger partial charge is 0.490 e. The third-order valence-electron chi connectivity index (χ3n) is 3.05. The van der Waals surface area contributed by atoms with Crippen molar-refractivity contribution in [1.29, 1.82) is 0 Å². The molecule has 0 saturated heterocycles. The van der Waals surface area contributed by atoms with Gasteiger partial charge in [0.25, 0.3) is 0 Å². The first-order valence-corrected chi connectivity index (χ1v) is 7.90. The average Bonchev–Trinajstić information content (AvgIpc) is 2.53. The fourth-order valence-electron chi connectivity index (χ4n) is 1.96. The third-order valence-corrected chi connectivity index (χ3v) is 3.64. The van der Waals surface area contributed by atoms with E-state index in [2.05, 4.69) is 0 Å². The highest BCUT2D eigenvalue weighted by atomic mass is 35.5. The van der Waals surface area contributed by atoms with Crippen molar-refractivity contribution in [3.8, 4) is 11.5 Å². The van der Waals surface area contributed by atoms with Crippen LogP contribution in [0, 0.1) is 10.1 Å². The molecular formula is C17H15Cl2NO4. The monoisotopic (exact) mass is 367 g/mol. The second-order valence-electron chi connectivity index (χ2n) is 4.76. The van der Waals surface area contributed by atoms with E-state index in [4.69, 9.17) is 32.7 Å². The number of nitro groups is 1. The standard InChI is InChI=1S/C17H15Cl2NO4/c1-2-23-17-9-12(7-8-20(21)22)3-6-16(17)24-11-13-4-5-14(18)10-15(13)19/h3-10H,2,11H2,1H3. The van der Waals surface area contributed by atoms with Gasteiger partial charge in [-0.15, -0.1) is 0 Å². The molecule has 0 heterocycles. The summed E-state index contributed by atoms with van der Waals surface area (Å²) in [6.07, 6.45) is 2.27. The van der Waals surface area contributed by atoms with Gasteiger partial charge in [-0.3, -0.25) is 10.1 Å². The van der Waals surface area contributed by atoms with Crippen LogP contribution in [0.4, 0.5) is 0 Å². The first kappa shape index (κ1) is 18.1. The summed E-state index contributed by atoms with van der Waals surface area (Å²) in [5.41, 5.74) is 1.44. The fourth-order valence-corrected chi connectivity index (χ4v) is 2.42. The van der Waals surface area contributed by atoms with E-state index in [1.807, 2.05) is 6.92 Å². The SMILES string of the molecule is CCOc1cc(C=C[N+](=O)[O-])ccc1OCc1ccc(Cl)cc1Cl. The molecule has 0 amide bonds. The van der Waals surface area contributed by atoms with Crippen LogP contribution in [0.5, 0.6) is 11.5 Å². The first-order chi connectivity index (χ1) is 11.5. The molecule has 2 aromatic rings. The average molecular weight is 368 g/mol. The Morgan fingerprint density at radius 1 is 1.12 bits per heavy atom. The summed E-state index contributed by atoms with van der Waals surface area (Å²) in [6, 6.07) is 10.3. The molecule has 0 aliphatic heterocycles. The lowest BCUT2D eigenvalue weighted by Crippen LogP contribution is -2.00. The Hall–Kier alpha value is -2.24. The van der Waals surface area contributed by atoms with E-state index >= 15 is 0 Å². The van der Waals surface area contributed by atoms with Crippen LogP contribution >= 0.6 is 23.2 Å². The minimum absolute atomic E-state index is 0.250. The summed E-state index contributed by atoms with van der Waals surface area (Å²) >= 11 is 12.0. The number of nitrogens with zero attached hydrogens (tertiary/aromatic N) is 1. The van der Waals surface area contributed by atoms with Crippen molar-refractivity contribution >= 4 is 29.3 Å². The van der Waals surface area contributed by atoms with Crippen LogP contribution in [0.15, 0.2) is 42.6 Å². The molecule has 2 rings (SSSR count). The lowest BCUT2D eigenvalue weighted by atomic mass is 10.2. The van der Waals surface area contributed by atoms with E-state index in [1.54, 1.807) is 36.4 Å². The Bertz CT molecular complexity index is 762. The second kappa shape index (κ2) is 8.57. The maximum Gasteiger partial charge on any atom is 0.235 e. The molecule has 126 valence electrons. The van der Waals surface area contributed by atoms with E-state index < -0.39 is 4.92 Å². The van der Waals surface area contributed by atoms with Crippen molar-refractivity contribution in [2.75, 3.05) is 6.61 Å². The molecule has 0 fully saturated rings. The lowest BCUT2D eigenvalue weighted by molar-refractivity contribution is -0.400. The van der Waals surface area contributed by atoms with Crippen molar-refractivity contribution in [3.05, 3.63) is 73.9 Å². The smallest absolute Gasteiger partial charge is 0.235 e. The Kier molecular flexibility index (Phi) is 6.46. The number of hydrogen-bond donors (Lipinski definition) is 0. The molecule has 0 atom stereocenters. The maximum absolute atomic E-state index is 10.4. The van der Waals surface area contributed by atoms with Crippen LogP contribution in [0.3, 0.4) is 0 Å². The van der Waals surface area contributed by atoms with Crippen molar-refractivity contribution in [2.24, 2.45) is 0 Å². The van der Waals surface area contributed by atoms with E-state index in [-0.39, 0.29) is 6.61 Å². The van der Waals surface area contributed by atoms with Crippen molar-refractivity contribution in [2.45, 2.75) is 13.5 Å². The normalized spacial score (nSPS) is 10.8. The molecule has 0 bridgehead atoms. The first-order valence-electron chi connectivity index (χ1n) is 7.15. The van der Waals surface area contributed by atoms with Crippen LogP contribution in [0.2, 0.25) is 10.0 Å². The molecule has 0 saturated carbocycles. The van der Waals surface area contributed by atoms with Gasteiger partial charge in [0.2, 0.25) is 6.20 Å². The molecule has 0 aromatic heterocycles. The second-order valence-corrected chi connectivity index (χ2v) is 5.61. The minimum atomic E-state index is -0.521. The van der Waals surface area contributed by atoms with Gasteiger partial charge in [-0.05, 0) is 36.8 Å². The number of hydrogen-bond acceptors (Lipinski definition) is 4. The molecule has 2 aromatic carbocycles. The Labute approximate surface area is 149 Å². The number of halogens is 2. The van der Waals surface area contributed by atoms with Gasteiger partial charge in [0.05, 0.1) is 11.5 Å². The van der Waals surface area contributed by atoms with Gasteiger partial charge in [-0.2, -0.15) is 0 Å². The molecule has 0 aliphatic rings. The van der Waals surface area contributed by atoms with Crippen LogP contribution in [-0.4, -0.2) is 11.5 Å². The number of benzene rings is 2. The van der Waals surface area contributed by atoms with Crippen molar-refractivity contribution in [1.82, 2.24) is 0 Å². The van der Waals surface area contributed by atoms with Crippen LogP contribution in [0.25, 0.3) is 6.08 Å². The fraction of sp³-hybridized carbons (Fsp3) is 0.176. The predicted molar refractivity (Wildman–Crippen MR) is 94.4 cm³/mol. The molecule has 24 heavy (non-hydrogen) atoms. The lowest BCUT2D eigenvalue weighted by Gasteiger charge is -2.13. The zero-order valence-electron chi connectivity index (χ0n) is 12.9. The molecule has 0 spiro atoms. The molecule has 0 unspecified atom stereocenters. The summed E-state index contributed by atoms with van der Waals surface area (Å²) in [4.78, 5) is 9.89. The van der Waals surface area contributed by atoms with Gasteiger partial charge in [0.1, 0.15) is 6.61 Å². The number of rotatable bonds is 7. The molecule has 0 aliphatic carbocycles. The summed E-state index contributed by atoms with van der Waals surface area (Å²) in [5.74, 6) is 1.04. The molecule has 0 N–H and O–H groups in total. The van der Waals surface area contributed by atoms with Gasteiger partial charge in [-0.25, -0.2) is 0 Å². The summed E-state index contributed by atoms with van der Waals surface area (Å²) < 4.78 is 11.3. The van der Waals surface area contributed by atoms with Gasteiger partial charge in [-0.1, -0.05) is 35.3 Å². The molecular weight excluding hydrogens is 353 g/mol. The van der Waals surface area contributed by atoms with Gasteiger partial charge >= 0.3 is 0 Å². The summed E-state index contributed by atoms with van der Waals surface area (Å²) in [6.45, 7) is 2.54. The van der Waals surface area contributed by atoms with Gasteiger partial charge in [0.15, 0.2) is 11.5 Å². The maximum atomic E-state index is 10.4. The van der Waals surface area contributed by atoms with E-state index in [0.29, 0.717) is 33.7 Å². The molecule has 0 radical (unpaired) electrons. The van der Waals surface area contributed by atoms with Crippen LogP contribution in [0.1, 0.15) is 18.1 Å². The minimum Gasteiger partial charge on any atom is -0.490 e. The highest BCUT2D eigenvalue weighted by Crippen LogP contribution is 2.31. The quantitative estimate of drug-likeness (QED) is 0.497. The Morgan fingerprint density at radius 3 is 2.58 bits per heavy atom.